The molecule has 0 amide bonds. The molecule has 0 saturated heterocycles. The lowest BCUT2D eigenvalue weighted by atomic mass is 10.1. The van der Waals surface area contributed by atoms with Gasteiger partial charge in [0, 0.05) is 6.42 Å². The maximum Gasteiger partial charge on any atom is 0.306 e. The van der Waals surface area contributed by atoms with Crippen molar-refractivity contribution >= 4 is 5.97 Å². The summed E-state index contributed by atoms with van der Waals surface area (Å²) >= 11 is 0. The number of esters is 1. The van der Waals surface area contributed by atoms with Crippen molar-refractivity contribution in [1.82, 2.24) is 0 Å². The molecule has 0 radical (unpaired) electrons. The van der Waals surface area contributed by atoms with Crippen molar-refractivity contribution in [2.45, 2.75) is 12.8 Å². The number of rotatable bonds is 7. The Morgan fingerprint density at radius 1 is 1.22 bits per heavy atom. The van der Waals surface area contributed by atoms with Crippen LogP contribution in [-0.4, -0.2) is 12.6 Å². The van der Waals surface area contributed by atoms with Gasteiger partial charge in [-0.2, -0.15) is 0 Å². The summed E-state index contributed by atoms with van der Waals surface area (Å²) in [5, 5.41) is 0. The molecule has 1 aromatic rings. The number of carbonyl (C=O) groups is 1. The van der Waals surface area contributed by atoms with Crippen molar-refractivity contribution in [3.8, 4) is 0 Å². The highest BCUT2D eigenvalue weighted by Crippen LogP contribution is 2.04. The zero-order valence-electron chi connectivity index (χ0n) is 10.5. The first-order valence-corrected chi connectivity index (χ1v) is 5.90. The molecule has 0 aromatic heterocycles. The third-order valence-electron chi connectivity index (χ3n) is 2.45. The van der Waals surface area contributed by atoms with Crippen LogP contribution >= 0.6 is 0 Å². The molecule has 0 aliphatic carbocycles. The summed E-state index contributed by atoms with van der Waals surface area (Å²) in [7, 11) is 0. The fourth-order valence-corrected chi connectivity index (χ4v) is 1.45. The highest BCUT2D eigenvalue weighted by Gasteiger charge is 2.04. The minimum atomic E-state index is -0.198. The van der Waals surface area contributed by atoms with Gasteiger partial charge in [-0.3, -0.25) is 4.79 Å². The third-order valence-corrected chi connectivity index (χ3v) is 2.45. The van der Waals surface area contributed by atoms with Crippen LogP contribution in [0.1, 0.15) is 12.0 Å². The van der Waals surface area contributed by atoms with Crippen molar-refractivity contribution < 1.29 is 9.53 Å². The molecule has 0 atom stereocenters. The van der Waals surface area contributed by atoms with E-state index in [-0.39, 0.29) is 12.6 Å². The lowest BCUT2D eigenvalue weighted by Gasteiger charge is -2.05. The molecule has 0 saturated carbocycles. The second kappa shape index (κ2) is 8.07. The van der Waals surface area contributed by atoms with Crippen LogP contribution in [-0.2, 0) is 16.0 Å². The van der Waals surface area contributed by atoms with Gasteiger partial charge in [0.25, 0.3) is 0 Å². The van der Waals surface area contributed by atoms with Gasteiger partial charge in [-0.1, -0.05) is 61.7 Å². The predicted octanol–water partition coefficient (Wildman–Crippen LogP) is 3.46. The summed E-state index contributed by atoms with van der Waals surface area (Å²) in [5.74, 6) is -0.198. The summed E-state index contributed by atoms with van der Waals surface area (Å²) in [6.07, 6.45) is 6.18. The summed E-state index contributed by atoms with van der Waals surface area (Å²) in [6.45, 7) is 7.48. The van der Waals surface area contributed by atoms with E-state index in [1.807, 2.05) is 30.3 Å². The van der Waals surface area contributed by atoms with Crippen LogP contribution in [0.15, 0.2) is 67.3 Å². The maximum absolute atomic E-state index is 11.5. The Kier molecular flexibility index (Phi) is 6.26. The van der Waals surface area contributed by atoms with Crippen LogP contribution in [0, 0.1) is 0 Å². The van der Waals surface area contributed by atoms with E-state index in [0.29, 0.717) is 12.8 Å². The zero-order chi connectivity index (χ0) is 13.2. The maximum atomic E-state index is 11.5. The third kappa shape index (κ3) is 5.30. The minimum absolute atomic E-state index is 0.198. The normalized spacial score (nSPS) is 10.8. The Hall–Kier alpha value is -2.09. The average Bonchev–Trinajstić information content (AvgIpc) is 2.42. The fourth-order valence-electron chi connectivity index (χ4n) is 1.45. The van der Waals surface area contributed by atoms with Gasteiger partial charge < -0.3 is 4.74 Å². The van der Waals surface area contributed by atoms with Gasteiger partial charge in [-0.25, -0.2) is 0 Å². The van der Waals surface area contributed by atoms with E-state index in [1.165, 1.54) is 0 Å². The van der Waals surface area contributed by atoms with Crippen molar-refractivity contribution in [2.24, 2.45) is 0 Å². The molecule has 0 fully saturated rings. The molecule has 94 valence electrons. The first kappa shape index (κ1) is 14.0. The monoisotopic (exact) mass is 242 g/mol. The molecule has 1 aromatic carbocycles. The van der Waals surface area contributed by atoms with Crippen molar-refractivity contribution in [3.63, 3.8) is 0 Å². The van der Waals surface area contributed by atoms with Crippen LogP contribution in [0.2, 0.25) is 0 Å². The summed E-state index contributed by atoms with van der Waals surface area (Å²) in [6, 6.07) is 9.88. The van der Waals surface area contributed by atoms with E-state index < -0.39 is 0 Å². The first-order chi connectivity index (χ1) is 8.76. The summed E-state index contributed by atoms with van der Waals surface area (Å²) in [5.41, 5.74) is 1.98. The van der Waals surface area contributed by atoms with Gasteiger partial charge in [0.2, 0.25) is 0 Å². The average molecular weight is 242 g/mol. The second-order valence-electron chi connectivity index (χ2n) is 3.83. The molecule has 18 heavy (non-hydrogen) atoms. The van der Waals surface area contributed by atoms with Crippen molar-refractivity contribution in [1.29, 1.82) is 0 Å². The number of allylic oxidation sites excluding steroid dienone is 2. The Labute approximate surface area is 108 Å². The number of aryl methyl sites for hydroxylation is 1. The number of benzene rings is 1. The molecule has 0 unspecified atom stereocenters. The minimum Gasteiger partial charge on any atom is -0.461 e. The number of hydrogen-bond acceptors (Lipinski definition) is 2. The highest BCUT2D eigenvalue weighted by molar-refractivity contribution is 5.70. The second-order valence-corrected chi connectivity index (χ2v) is 3.83. The molecule has 0 heterocycles. The van der Waals surface area contributed by atoms with Gasteiger partial charge in [-0.05, 0) is 17.6 Å². The van der Waals surface area contributed by atoms with Crippen LogP contribution in [0.25, 0.3) is 0 Å². The standard InChI is InChI=1S/C16H18O2/c1-3-8-14(4-2)13-18-16(17)12-11-15-9-6-5-7-10-15/h3-10H,1-2,11-13H2/b14-8+. The van der Waals surface area contributed by atoms with Crippen LogP contribution in [0.4, 0.5) is 0 Å². The highest BCUT2D eigenvalue weighted by atomic mass is 16.5. The molecular weight excluding hydrogens is 224 g/mol. The largest absolute Gasteiger partial charge is 0.461 e. The van der Waals surface area contributed by atoms with E-state index in [9.17, 15) is 4.79 Å². The van der Waals surface area contributed by atoms with Gasteiger partial charge in [0.1, 0.15) is 6.61 Å². The SMILES string of the molecule is C=C/C=C(\C=C)COC(=O)CCc1ccccc1. The van der Waals surface area contributed by atoms with Crippen LogP contribution < -0.4 is 0 Å². The number of hydrogen-bond donors (Lipinski definition) is 0. The molecule has 0 spiro atoms. The summed E-state index contributed by atoms with van der Waals surface area (Å²) < 4.78 is 5.14. The van der Waals surface area contributed by atoms with Crippen molar-refractivity contribution in [3.05, 3.63) is 72.9 Å². The molecule has 1 rings (SSSR count). The molecule has 0 aliphatic heterocycles. The van der Waals surface area contributed by atoms with E-state index in [4.69, 9.17) is 4.74 Å². The zero-order valence-corrected chi connectivity index (χ0v) is 10.5. The molecule has 2 nitrogen and oxygen atoms in total. The van der Waals surface area contributed by atoms with Gasteiger partial charge in [-0.15, -0.1) is 0 Å². The fraction of sp³-hybridized carbons (Fsp3) is 0.188. The lowest BCUT2D eigenvalue weighted by Crippen LogP contribution is -2.07. The van der Waals surface area contributed by atoms with Crippen LogP contribution in [0.3, 0.4) is 0 Å². The van der Waals surface area contributed by atoms with Crippen LogP contribution in [0.5, 0.6) is 0 Å². The molecular formula is C16H18O2. The van der Waals surface area contributed by atoms with E-state index >= 15 is 0 Å². The smallest absolute Gasteiger partial charge is 0.306 e. The summed E-state index contributed by atoms with van der Waals surface area (Å²) in [4.78, 5) is 11.5. The van der Waals surface area contributed by atoms with E-state index in [0.717, 1.165) is 11.1 Å². The Morgan fingerprint density at radius 3 is 2.56 bits per heavy atom. The number of carbonyl (C=O) groups excluding carboxylic acids is 1. The lowest BCUT2D eigenvalue weighted by molar-refractivity contribution is -0.142. The van der Waals surface area contributed by atoms with Crippen molar-refractivity contribution in [2.75, 3.05) is 6.61 Å². The molecule has 0 bridgehead atoms. The van der Waals surface area contributed by atoms with E-state index in [2.05, 4.69) is 13.2 Å². The van der Waals surface area contributed by atoms with E-state index in [1.54, 1.807) is 18.2 Å². The van der Waals surface area contributed by atoms with Gasteiger partial charge in [0.15, 0.2) is 0 Å². The van der Waals surface area contributed by atoms with Gasteiger partial charge in [0.05, 0.1) is 0 Å². The Bertz CT molecular complexity index is 430. The molecule has 0 N–H and O–H groups in total. The first-order valence-electron chi connectivity index (χ1n) is 5.90. The Morgan fingerprint density at radius 2 is 1.94 bits per heavy atom. The topological polar surface area (TPSA) is 26.3 Å². The molecule has 2 heteroatoms. The number of ether oxygens (including phenoxy) is 1. The predicted molar refractivity (Wildman–Crippen MR) is 74.2 cm³/mol. The quantitative estimate of drug-likeness (QED) is 0.540. The van der Waals surface area contributed by atoms with Gasteiger partial charge >= 0.3 is 5.97 Å². The molecule has 0 aliphatic rings. The Balaban J connectivity index is 2.32.